The van der Waals surface area contributed by atoms with Crippen LogP contribution in [-0.2, 0) is 19.1 Å². The van der Waals surface area contributed by atoms with Gasteiger partial charge in [-0.1, -0.05) is 58.3 Å². The number of aliphatic hydroxyl groups excluding tert-OH is 1. The molecule has 0 aliphatic heterocycles. The fraction of sp³-hybridized carbons (Fsp3) is 0.870. The Bertz CT molecular complexity index is 457. The van der Waals surface area contributed by atoms with Crippen molar-refractivity contribution in [2.24, 2.45) is 5.73 Å². The number of ether oxygens (including phenoxy) is 1. The van der Waals surface area contributed by atoms with E-state index in [0.29, 0.717) is 26.0 Å². The molecule has 8 heteroatoms. The molecule has 0 saturated heterocycles. The molecular weight excluding hydrogens is 400 g/mol. The van der Waals surface area contributed by atoms with Crippen molar-refractivity contribution in [3.8, 4) is 0 Å². The van der Waals surface area contributed by atoms with Crippen LogP contribution in [0.2, 0.25) is 0 Å². The van der Waals surface area contributed by atoms with Gasteiger partial charge in [0.25, 0.3) is 0 Å². The second kappa shape index (κ2) is 23.0. The zero-order chi connectivity index (χ0) is 23.9. The second-order valence-electron chi connectivity index (χ2n) is 7.75. The molecule has 0 spiro atoms. The van der Waals surface area contributed by atoms with Gasteiger partial charge in [0.2, 0.25) is 5.91 Å². The number of carbonyl (C=O) groups is 3. The summed E-state index contributed by atoms with van der Waals surface area (Å²) in [6, 6.07) is -0.530. The minimum absolute atomic E-state index is 0.0475. The summed E-state index contributed by atoms with van der Waals surface area (Å²) in [7, 11) is 0. The molecule has 0 aliphatic carbocycles. The number of carboxylic acids is 1. The van der Waals surface area contributed by atoms with Crippen molar-refractivity contribution in [3.05, 3.63) is 0 Å². The molecule has 0 aromatic heterocycles. The Morgan fingerprint density at radius 1 is 0.903 bits per heavy atom. The first-order valence-electron chi connectivity index (χ1n) is 11.9. The molecule has 1 unspecified atom stereocenters. The molecule has 0 aromatic rings. The molecule has 0 bridgehead atoms. The number of rotatable bonds is 18. The molecule has 31 heavy (non-hydrogen) atoms. The molecule has 0 heterocycles. The number of amides is 1. The van der Waals surface area contributed by atoms with E-state index >= 15 is 0 Å². The highest BCUT2D eigenvalue weighted by molar-refractivity contribution is 5.84. The number of nitrogens with two attached hydrogens (primary N) is 1. The van der Waals surface area contributed by atoms with Gasteiger partial charge in [0.15, 0.2) is 0 Å². The van der Waals surface area contributed by atoms with Crippen LogP contribution >= 0.6 is 0 Å². The maximum Gasteiger partial charge on any atom is 0.332 e. The van der Waals surface area contributed by atoms with Crippen LogP contribution in [0.5, 0.6) is 0 Å². The van der Waals surface area contributed by atoms with E-state index in [2.05, 4.69) is 12.2 Å². The van der Waals surface area contributed by atoms with Crippen LogP contribution < -0.4 is 11.1 Å². The Morgan fingerprint density at radius 2 is 1.42 bits per heavy atom. The second-order valence-corrected chi connectivity index (χ2v) is 7.75. The Labute approximate surface area is 188 Å². The van der Waals surface area contributed by atoms with Crippen LogP contribution in [0.1, 0.15) is 104 Å². The summed E-state index contributed by atoms with van der Waals surface area (Å²) in [5.74, 6) is -1.57. The number of esters is 1. The van der Waals surface area contributed by atoms with Gasteiger partial charge in [0.05, 0.1) is 6.61 Å². The zero-order valence-corrected chi connectivity index (χ0v) is 19.9. The minimum atomic E-state index is -1.23. The number of hydrogen-bond acceptors (Lipinski definition) is 6. The van der Waals surface area contributed by atoms with Crippen LogP contribution in [0, 0.1) is 0 Å². The van der Waals surface area contributed by atoms with E-state index in [0.717, 1.165) is 25.7 Å². The van der Waals surface area contributed by atoms with Crippen LogP contribution in [0.3, 0.4) is 0 Å². The van der Waals surface area contributed by atoms with Gasteiger partial charge in [-0.05, 0) is 46.1 Å². The molecule has 0 rings (SSSR count). The highest BCUT2D eigenvalue weighted by atomic mass is 16.5. The van der Waals surface area contributed by atoms with E-state index in [1.54, 1.807) is 6.92 Å². The number of carbonyl (C=O) groups excluding carboxylic acids is 2. The first-order valence-corrected chi connectivity index (χ1v) is 11.9. The Hall–Kier alpha value is -1.67. The number of aliphatic carboxylic acids is 1. The third-order valence-corrected chi connectivity index (χ3v) is 4.72. The monoisotopic (exact) mass is 446 g/mol. The molecule has 5 N–H and O–H groups in total. The smallest absolute Gasteiger partial charge is 0.332 e. The van der Waals surface area contributed by atoms with Gasteiger partial charge in [-0.25, -0.2) is 9.59 Å². The maximum absolute atomic E-state index is 12.1. The third-order valence-electron chi connectivity index (χ3n) is 4.72. The maximum atomic E-state index is 12.1. The standard InChI is InChI=1S/C20H40N2O3.C3H6O3/c1-3-5-6-7-8-9-10-11-12-16-19(23)22-18(15-13-14-17-21)20(24)25-4-2;1-2(4)3(5)6/h18H,3-17,21H2,1-2H3,(H,22,23);2,4H,1H3,(H,5,6)/t18-;/m0./s1. The van der Waals surface area contributed by atoms with Crippen molar-refractivity contribution in [1.29, 1.82) is 0 Å². The summed E-state index contributed by atoms with van der Waals surface area (Å²) in [4.78, 5) is 33.4. The lowest BCUT2D eigenvalue weighted by Gasteiger charge is -2.17. The molecule has 0 radical (unpaired) electrons. The Balaban J connectivity index is 0. The third kappa shape index (κ3) is 22.8. The van der Waals surface area contributed by atoms with E-state index in [9.17, 15) is 14.4 Å². The van der Waals surface area contributed by atoms with Crippen molar-refractivity contribution in [2.45, 2.75) is 116 Å². The Kier molecular flexibility index (Phi) is 23.4. The van der Waals surface area contributed by atoms with Crippen LogP contribution in [0.15, 0.2) is 0 Å². The highest BCUT2D eigenvalue weighted by Crippen LogP contribution is 2.11. The predicted molar refractivity (Wildman–Crippen MR) is 123 cm³/mol. The molecule has 0 fully saturated rings. The lowest BCUT2D eigenvalue weighted by molar-refractivity contribution is -0.147. The molecule has 0 aliphatic rings. The first-order chi connectivity index (χ1) is 14.8. The first kappa shape index (κ1) is 31.5. The van der Waals surface area contributed by atoms with E-state index < -0.39 is 18.1 Å². The van der Waals surface area contributed by atoms with Gasteiger partial charge in [0.1, 0.15) is 12.1 Å². The average Bonchev–Trinajstić information content (AvgIpc) is 2.72. The fourth-order valence-electron chi connectivity index (χ4n) is 2.85. The lowest BCUT2D eigenvalue weighted by Crippen LogP contribution is -2.41. The van der Waals surface area contributed by atoms with Gasteiger partial charge in [-0.15, -0.1) is 0 Å². The van der Waals surface area contributed by atoms with Crippen molar-refractivity contribution in [3.63, 3.8) is 0 Å². The summed E-state index contributed by atoms with van der Waals surface area (Å²) >= 11 is 0. The normalized spacial score (nSPS) is 12.3. The van der Waals surface area contributed by atoms with Crippen molar-refractivity contribution in [2.75, 3.05) is 13.2 Å². The average molecular weight is 447 g/mol. The van der Waals surface area contributed by atoms with Crippen molar-refractivity contribution in [1.82, 2.24) is 5.32 Å². The Morgan fingerprint density at radius 3 is 1.87 bits per heavy atom. The topological polar surface area (TPSA) is 139 Å². The van der Waals surface area contributed by atoms with Crippen LogP contribution in [-0.4, -0.2) is 53.4 Å². The number of hydrogen-bond donors (Lipinski definition) is 4. The van der Waals surface area contributed by atoms with Gasteiger partial charge in [0, 0.05) is 6.42 Å². The summed E-state index contributed by atoms with van der Waals surface area (Å²) in [5, 5.41) is 18.6. The van der Waals surface area contributed by atoms with E-state index in [1.165, 1.54) is 51.9 Å². The SMILES string of the molecule is CC(O)C(=O)O.CCCCCCCCCCCC(=O)N[C@@H](CCCCN)C(=O)OCC. The number of aliphatic hydroxyl groups is 1. The van der Waals surface area contributed by atoms with Gasteiger partial charge in [-0.2, -0.15) is 0 Å². The van der Waals surface area contributed by atoms with Gasteiger partial charge >= 0.3 is 11.9 Å². The molecule has 1 amide bonds. The summed E-state index contributed by atoms with van der Waals surface area (Å²) in [5.41, 5.74) is 5.49. The predicted octanol–water partition coefficient (Wildman–Crippen LogP) is 3.54. The zero-order valence-electron chi connectivity index (χ0n) is 19.9. The summed E-state index contributed by atoms with van der Waals surface area (Å²) in [6.45, 7) is 6.14. The molecule has 184 valence electrons. The van der Waals surface area contributed by atoms with E-state index in [-0.39, 0.29) is 11.9 Å². The highest BCUT2D eigenvalue weighted by Gasteiger charge is 2.21. The fourth-order valence-corrected chi connectivity index (χ4v) is 2.85. The number of unbranched alkanes of at least 4 members (excludes halogenated alkanes) is 9. The molecule has 2 atom stereocenters. The molecule has 0 saturated carbocycles. The van der Waals surface area contributed by atoms with E-state index in [1.807, 2.05) is 0 Å². The summed E-state index contributed by atoms with van der Waals surface area (Å²) in [6.07, 6.45) is 12.6. The van der Waals surface area contributed by atoms with Gasteiger partial charge in [-0.3, -0.25) is 4.79 Å². The van der Waals surface area contributed by atoms with Crippen LogP contribution in [0.4, 0.5) is 0 Å². The number of carboxylic acid groups (broad SMARTS) is 1. The molecular formula is C23H46N2O6. The van der Waals surface area contributed by atoms with Gasteiger partial charge < -0.3 is 26.0 Å². The number of nitrogens with one attached hydrogen (secondary N) is 1. The van der Waals surface area contributed by atoms with Crippen LogP contribution in [0.25, 0.3) is 0 Å². The molecule has 0 aromatic carbocycles. The van der Waals surface area contributed by atoms with Crippen molar-refractivity contribution >= 4 is 17.8 Å². The largest absolute Gasteiger partial charge is 0.479 e. The van der Waals surface area contributed by atoms with E-state index in [4.69, 9.17) is 20.7 Å². The quantitative estimate of drug-likeness (QED) is 0.186. The lowest BCUT2D eigenvalue weighted by atomic mass is 10.1. The van der Waals surface area contributed by atoms with Crippen molar-refractivity contribution < 1.29 is 29.3 Å². The minimum Gasteiger partial charge on any atom is -0.479 e. The summed E-state index contributed by atoms with van der Waals surface area (Å²) < 4.78 is 5.05. The molecule has 8 nitrogen and oxygen atoms in total.